The first kappa shape index (κ1) is 10.2. The van der Waals surface area contributed by atoms with Crippen molar-refractivity contribution in [2.45, 2.75) is 6.42 Å². The van der Waals surface area contributed by atoms with Gasteiger partial charge in [-0.25, -0.2) is 9.59 Å². The Labute approximate surface area is 80.8 Å². The third-order valence-electron chi connectivity index (χ3n) is 1.85. The van der Waals surface area contributed by atoms with E-state index in [2.05, 4.69) is 6.92 Å². The van der Waals surface area contributed by atoms with Crippen LogP contribution < -0.4 is 0 Å². The fraction of sp³-hybridized carbons (Fsp3) is 0.100. The summed E-state index contributed by atoms with van der Waals surface area (Å²) in [6, 6.07) is 3.88. The SMILES string of the molecule is [CH2]Cc1cc(C(=O)O)ccc1C(=O)O. The van der Waals surface area contributed by atoms with E-state index in [0.29, 0.717) is 5.56 Å². The Kier molecular flexibility index (Phi) is 2.86. The maximum absolute atomic E-state index is 10.7. The van der Waals surface area contributed by atoms with E-state index in [9.17, 15) is 9.59 Å². The van der Waals surface area contributed by atoms with Gasteiger partial charge in [0.05, 0.1) is 11.1 Å². The van der Waals surface area contributed by atoms with Crippen molar-refractivity contribution in [3.63, 3.8) is 0 Å². The minimum atomic E-state index is -1.07. The normalized spacial score (nSPS) is 9.79. The van der Waals surface area contributed by atoms with Gasteiger partial charge in [-0.1, -0.05) is 0 Å². The summed E-state index contributed by atoms with van der Waals surface area (Å²) in [7, 11) is 0. The van der Waals surface area contributed by atoms with Crippen molar-refractivity contribution in [2.75, 3.05) is 0 Å². The highest BCUT2D eigenvalue weighted by Gasteiger charge is 2.11. The molecular weight excluding hydrogens is 184 g/mol. The van der Waals surface area contributed by atoms with Gasteiger partial charge < -0.3 is 10.2 Å². The van der Waals surface area contributed by atoms with Crippen molar-refractivity contribution in [3.05, 3.63) is 41.8 Å². The quantitative estimate of drug-likeness (QED) is 0.762. The van der Waals surface area contributed by atoms with Gasteiger partial charge in [0.1, 0.15) is 0 Å². The molecule has 0 atom stereocenters. The van der Waals surface area contributed by atoms with Gasteiger partial charge in [-0.05, 0) is 37.1 Å². The van der Waals surface area contributed by atoms with Gasteiger partial charge >= 0.3 is 11.9 Å². The average Bonchev–Trinajstić information content (AvgIpc) is 2.16. The predicted octanol–water partition coefficient (Wildman–Crippen LogP) is 1.46. The van der Waals surface area contributed by atoms with Crippen molar-refractivity contribution < 1.29 is 19.8 Å². The Morgan fingerprint density at radius 3 is 2.29 bits per heavy atom. The van der Waals surface area contributed by atoms with E-state index >= 15 is 0 Å². The van der Waals surface area contributed by atoms with E-state index in [0.717, 1.165) is 0 Å². The molecule has 0 saturated carbocycles. The van der Waals surface area contributed by atoms with Crippen LogP contribution in [0.2, 0.25) is 0 Å². The van der Waals surface area contributed by atoms with Crippen LogP contribution in [-0.2, 0) is 6.42 Å². The highest BCUT2D eigenvalue weighted by Crippen LogP contribution is 2.13. The van der Waals surface area contributed by atoms with Crippen LogP contribution in [0.3, 0.4) is 0 Å². The summed E-state index contributed by atoms with van der Waals surface area (Å²) >= 11 is 0. The molecule has 73 valence electrons. The lowest BCUT2D eigenvalue weighted by Gasteiger charge is -2.03. The van der Waals surface area contributed by atoms with Crippen molar-refractivity contribution in [2.24, 2.45) is 0 Å². The maximum atomic E-state index is 10.7. The second-order valence-corrected chi connectivity index (χ2v) is 2.73. The Morgan fingerprint density at radius 2 is 1.86 bits per heavy atom. The molecule has 1 aromatic rings. The summed E-state index contributed by atoms with van der Waals surface area (Å²) < 4.78 is 0. The van der Waals surface area contributed by atoms with Crippen LogP contribution in [0.4, 0.5) is 0 Å². The van der Waals surface area contributed by atoms with Crippen LogP contribution in [0, 0.1) is 6.92 Å². The van der Waals surface area contributed by atoms with Gasteiger partial charge in [0.25, 0.3) is 0 Å². The standard InChI is InChI=1S/C10H9O4/c1-2-6-5-7(9(11)12)3-4-8(6)10(13)14/h3-5H,1-2H2,(H,11,12)(H,13,14). The Balaban J connectivity index is 3.25. The van der Waals surface area contributed by atoms with E-state index < -0.39 is 11.9 Å². The summed E-state index contributed by atoms with van der Waals surface area (Å²) in [5.41, 5.74) is 0.607. The number of carbonyl (C=O) groups is 2. The first-order chi connectivity index (χ1) is 6.56. The maximum Gasteiger partial charge on any atom is 0.335 e. The molecule has 0 spiro atoms. The molecule has 4 heteroatoms. The summed E-state index contributed by atoms with van der Waals surface area (Å²) in [6.45, 7) is 3.54. The zero-order valence-electron chi connectivity index (χ0n) is 7.36. The van der Waals surface area contributed by atoms with Gasteiger partial charge in [-0.15, -0.1) is 0 Å². The number of hydrogen-bond donors (Lipinski definition) is 2. The van der Waals surface area contributed by atoms with Crippen LogP contribution >= 0.6 is 0 Å². The third kappa shape index (κ3) is 1.90. The molecule has 2 N–H and O–H groups in total. The molecule has 0 fully saturated rings. The van der Waals surface area contributed by atoms with E-state index in [1.54, 1.807) is 0 Å². The number of rotatable bonds is 3. The molecule has 1 aromatic carbocycles. The van der Waals surface area contributed by atoms with Gasteiger partial charge in [-0.3, -0.25) is 0 Å². The predicted molar refractivity (Wildman–Crippen MR) is 49.4 cm³/mol. The molecule has 0 aliphatic rings. The van der Waals surface area contributed by atoms with E-state index in [-0.39, 0.29) is 17.5 Å². The number of benzene rings is 1. The summed E-state index contributed by atoms with van der Waals surface area (Å²) in [4.78, 5) is 21.3. The summed E-state index contributed by atoms with van der Waals surface area (Å²) in [5.74, 6) is -2.14. The summed E-state index contributed by atoms with van der Waals surface area (Å²) in [6.07, 6.45) is 0.253. The monoisotopic (exact) mass is 193 g/mol. The molecule has 0 saturated heterocycles. The summed E-state index contributed by atoms with van der Waals surface area (Å²) in [5, 5.41) is 17.4. The number of hydrogen-bond acceptors (Lipinski definition) is 2. The number of aromatic carboxylic acids is 2. The van der Waals surface area contributed by atoms with Crippen LogP contribution in [0.5, 0.6) is 0 Å². The van der Waals surface area contributed by atoms with Gasteiger partial charge in [0, 0.05) is 0 Å². The molecule has 4 nitrogen and oxygen atoms in total. The third-order valence-corrected chi connectivity index (χ3v) is 1.85. The van der Waals surface area contributed by atoms with E-state index in [1.807, 2.05) is 0 Å². The number of carboxylic acid groups (broad SMARTS) is 2. The molecule has 0 heterocycles. The van der Waals surface area contributed by atoms with E-state index in [4.69, 9.17) is 10.2 Å². The fourth-order valence-electron chi connectivity index (χ4n) is 1.14. The molecule has 0 bridgehead atoms. The molecule has 0 aromatic heterocycles. The lowest BCUT2D eigenvalue weighted by Crippen LogP contribution is -2.05. The van der Waals surface area contributed by atoms with Crippen molar-refractivity contribution in [3.8, 4) is 0 Å². The van der Waals surface area contributed by atoms with Gasteiger partial charge in [0.2, 0.25) is 0 Å². The average molecular weight is 193 g/mol. The molecular formula is C10H9O4. The molecule has 0 aliphatic heterocycles. The first-order valence-corrected chi connectivity index (χ1v) is 3.95. The van der Waals surface area contributed by atoms with Gasteiger partial charge in [0.15, 0.2) is 0 Å². The second kappa shape index (κ2) is 3.91. The lowest BCUT2D eigenvalue weighted by molar-refractivity contribution is 0.0680. The van der Waals surface area contributed by atoms with Crippen LogP contribution in [0.25, 0.3) is 0 Å². The molecule has 1 rings (SSSR count). The largest absolute Gasteiger partial charge is 0.478 e. The van der Waals surface area contributed by atoms with Crippen molar-refractivity contribution in [1.29, 1.82) is 0 Å². The molecule has 1 radical (unpaired) electrons. The Hall–Kier alpha value is -1.84. The molecule has 0 aliphatic carbocycles. The first-order valence-electron chi connectivity index (χ1n) is 3.95. The second-order valence-electron chi connectivity index (χ2n) is 2.73. The zero-order chi connectivity index (χ0) is 10.7. The van der Waals surface area contributed by atoms with Crippen LogP contribution in [0.15, 0.2) is 18.2 Å². The molecule has 0 amide bonds. The minimum Gasteiger partial charge on any atom is -0.478 e. The lowest BCUT2D eigenvalue weighted by atomic mass is 10.0. The Bertz CT molecular complexity index is 382. The van der Waals surface area contributed by atoms with E-state index in [1.165, 1.54) is 18.2 Å². The number of carboxylic acids is 2. The highest BCUT2D eigenvalue weighted by molar-refractivity contribution is 5.93. The molecule has 0 unspecified atom stereocenters. The fourth-order valence-corrected chi connectivity index (χ4v) is 1.14. The minimum absolute atomic E-state index is 0.0775. The smallest absolute Gasteiger partial charge is 0.335 e. The topological polar surface area (TPSA) is 74.6 Å². The van der Waals surface area contributed by atoms with Crippen molar-refractivity contribution >= 4 is 11.9 Å². The zero-order valence-corrected chi connectivity index (χ0v) is 7.36. The van der Waals surface area contributed by atoms with Gasteiger partial charge in [-0.2, -0.15) is 0 Å². The highest BCUT2D eigenvalue weighted by atomic mass is 16.4. The Morgan fingerprint density at radius 1 is 1.21 bits per heavy atom. The van der Waals surface area contributed by atoms with Crippen LogP contribution in [0.1, 0.15) is 26.3 Å². The van der Waals surface area contributed by atoms with Crippen molar-refractivity contribution in [1.82, 2.24) is 0 Å². The van der Waals surface area contributed by atoms with Crippen LogP contribution in [-0.4, -0.2) is 22.2 Å². The molecule has 14 heavy (non-hydrogen) atoms.